The maximum Gasteiger partial charge on any atom is 0.265 e. The quantitative estimate of drug-likeness (QED) is 0.888. The van der Waals surface area contributed by atoms with Crippen LogP contribution in [0.5, 0.6) is 5.75 Å². The van der Waals surface area contributed by atoms with Gasteiger partial charge in [0.15, 0.2) is 6.10 Å². The molecule has 0 aromatic heterocycles. The second-order valence-corrected chi connectivity index (χ2v) is 5.57. The average Bonchev–Trinajstić information content (AvgIpc) is 2.51. The Balaban J connectivity index is 2.09. The van der Waals surface area contributed by atoms with E-state index in [1.165, 1.54) is 0 Å². The summed E-state index contributed by atoms with van der Waals surface area (Å²) >= 11 is 0. The van der Waals surface area contributed by atoms with E-state index in [1.54, 1.807) is 0 Å². The number of benzene rings is 2. The van der Waals surface area contributed by atoms with E-state index in [9.17, 15) is 4.79 Å². The van der Waals surface area contributed by atoms with Gasteiger partial charge in [-0.3, -0.25) is 4.79 Å². The Morgan fingerprint density at radius 3 is 2.41 bits per heavy atom. The summed E-state index contributed by atoms with van der Waals surface area (Å²) in [6.07, 6.45) is 0.118. The monoisotopic (exact) mass is 297 g/mol. The van der Waals surface area contributed by atoms with Crippen LogP contribution in [0, 0.1) is 20.8 Å². The Hall–Kier alpha value is -2.29. The highest BCUT2D eigenvalue weighted by molar-refractivity contribution is 5.94. The molecule has 1 atom stereocenters. The molecule has 22 heavy (non-hydrogen) atoms. The first kappa shape index (κ1) is 16.1. The van der Waals surface area contributed by atoms with Crippen LogP contribution in [-0.2, 0) is 4.79 Å². The summed E-state index contributed by atoms with van der Waals surface area (Å²) < 4.78 is 5.92. The van der Waals surface area contributed by atoms with E-state index in [2.05, 4.69) is 5.32 Å². The highest BCUT2D eigenvalue weighted by Crippen LogP contribution is 2.23. The molecule has 0 saturated heterocycles. The number of aryl methyl sites for hydroxylation is 2. The molecule has 2 rings (SSSR count). The van der Waals surface area contributed by atoms with Crippen molar-refractivity contribution < 1.29 is 9.53 Å². The number of carbonyl (C=O) groups excluding carboxylic acids is 1. The normalized spacial score (nSPS) is 11.8. The number of ether oxygens (including phenoxy) is 1. The molecule has 0 radical (unpaired) electrons. The first-order valence-corrected chi connectivity index (χ1v) is 7.61. The van der Waals surface area contributed by atoms with Gasteiger partial charge in [-0.1, -0.05) is 36.8 Å². The van der Waals surface area contributed by atoms with Crippen molar-refractivity contribution in [1.29, 1.82) is 0 Å². The third kappa shape index (κ3) is 3.88. The number of carbonyl (C=O) groups is 1. The molecule has 1 amide bonds. The van der Waals surface area contributed by atoms with E-state index in [0.29, 0.717) is 6.42 Å². The molecule has 0 bridgehead atoms. The maximum absolute atomic E-state index is 12.4. The standard InChI is InChI=1S/C19H23NO2/c1-5-17(22-18-8-6-7-14(3)15(18)4)19(21)20-16-11-9-13(2)10-12-16/h6-12,17H,5H2,1-4H3,(H,20,21). The van der Waals surface area contributed by atoms with E-state index >= 15 is 0 Å². The molecule has 0 saturated carbocycles. The van der Waals surface area contributed by atoms with Crippen molar-refractivity contribution in [3.05, 3.63) is 59.2 Å². The first-order chi connectivity index (χ1) is 10.5. The zero-order valence-electron chi connectivity index (χ0n) is 13.6. The number of nitrogens with one attached hydrogen (secondary N) is 1. The van der Waals surface area contributed by atoms with Crippen LogP contribution >= 0.6 is 0 Å². The largest absolute Gasteiger partial charge is 0.480 e. The van der Waals surface area contributed by atoms with Gasteiger partial charge >= 0.3 is 0 Å². The lowest BCUT2D eigenvalue weighted by Gasteiger charge is -2.19. The molecular formula is C19H23NO2. The van der Waals surface area contributed by atoms with Crippen molar-refractivity contribution in [2.24, 2.45) is 0 Å². The number of amides is 1. The third-order valence-corrected chi connectivity index (χ3v) is 3.81. The molecule has 116 valence electrons. The Morgan fingerprint density at radius 1 is 1.09 bits per heavy atom. The number of anilines is 1. The summed E-state index contributed by atoms with van der Waals surface area (Å²) in [5.41, 5.74) is 4.19. The van der Waals surface area contributed by atoms with Crippen LogP contribution in [0.4, 0.5) is 5.69 Å². The van der Waals surface area contributed by atoms with Gasteiger partial charge in [0.1, 0.15) is 5.75 Å². The lowest BCUT2D eigenvalue weighted by molar-refractivity contribution is -0.122. The molecule has 0 aliphatic carbocycles. The van der Waals surface area contributed by atoms with Crippen molar-refractivity contribution in [2.75, 3.05) is 5.32 Å². The van der Waals surface area contributed by atoms with Crippen LogP contribution in [-0.4, -0.2) is 12.0 Å². The van der Waals surface area contributed by atoms with Crippen molar-refractivity contribution in [1.82, 2.24) is 0 Å². The molecule has 0 fully saturated rings. The Morgan fingerprint density at radius 2 is 1.77 bits per heavy atom. The lowest BCUT2D eigenvalue weighted by Crippen LogP contribution is -2.32. The highest BCUT2D eigenvalue weighted by atomic mass is 16.5. The summed E-state index contributed by atoms with van der Waals surface area (Å²) in [6, 6.07) is 13.6. The molecule has 0 spiro atoms. The molecule has 2 aromatic carbocycles. The average molecular weight is 297 g/mol. The fourth-order valence-corrected chi connectivity index (χ4v) is 2.19. The van der Waals surface area contributed by atoms with Gasteiger partial charge in [-0.05, 0) is 56.5 Å². The molecule has 3 nitrogen and oxygen atoms in total. The highest BCUT2D eigenvalue weighted by Gasteiger charge is 2.19. The second-order valence-electron chi connectivity index (χ2n) is 5.57. The van der Waals surface area contributed by atoms with Gasteiger partial charge in [0.25, 0.3) is 5.91 Å². The van der Waals surface area contributed by atoms with Crippen molar-refractivity contribution in [3.63, 3.8) is 0 Å². The lowest BCUT2D eigenvalue weighted by atomic mass is 10.1. The van der Waals surface area contributed by atoms with E-state index in [1.807, 2.05) is 70.2 Å². The van der Waals surface area contributed by atoms with Crippen LogP contribution in [0.1, 0.15) is 30.0 Å². The Kier molecular flexibility index (Phi) is 5.21. The Bertz CT molecular complexity index is 647. The van der Waals surface area contributed by atoms with Gasteiger partial charge in [-0.25, -0.2) is 0 Å². The molecule has 1 N–H and O–H groups in total. The van der Waals surface area contributed by atoms with Gasteiger partial charge < -0.3 is 10.1 Å². The van der Waals surface area contributed by atoms with Gasteiger partial charge in [-0.2, -0.15) is 0 Å². The van der Waals surface area contributed by atoms with E-state index in [0.717, 1.165) is 28.1 Å². The summed E-state index contributed by atoms with van der Waals surface area (Å²) in [7, 11) is 0. The number of rotatable bonds is 5. The number of hydrogen-bond acceptors (Lipinski definition) is 2. The zero-order chi connectivity index (χ0) is 16.1. The summed E-state index contributed by atoms with van der Waals surface area (Å²) in [6.45, 7) is 8.01. The van der Waals surface area contributed by atoms with Gasteiger partial charge in [-0.15, -0.1) is 0 Å². The predicted octanol–water partition coefficient (Wildman–Crippen LogP) is 4.41. The topological polar surface area (TPSA) is 38.3 Å². The molecule has 0 heterocycles. The van der Waals surface area contributed by atoms with E-state index in [-0.39, 0.29) is 5.91 Å². The molecule has 0 aliphatic heterocycles. The smallest absolute Gasteiger partial charge is 0.265 e. The van der Waals surface area contributed by atoms with Crippen LogP contribution < -0.4 is 10.1 Å². The van der Waals surface area contributed by atoms with Crippen LogP contribution in [0.3, 0.4) is 0 Å². The summed E-state index contributed by atoms with van der Waals surface area (Å²) in [5, 5.41) is 2.91. The zero-order valence-corrected chi connectivity index (χ0v) is 13.6. The van der Waals surface area contributed by atoms with E-state index < -0.39 is 6.10 Å². The molecule has 3 heteroatoms. The van der Waals surface area contributed by atoms with Crippen LogP contribution in [0.2, 0.25) is 0 Å². The second kappa shape index (κ2) is 7.12. The first-order valence-electron chi connectivity index (χ1n) is 7.61. The predicted molar refractivity (Wildman–Crippen MR) is 90.4 cm³/mol. The molecule has 2 aromatic rings. The van der Waals surface area contributed by atoms with Gasteiger partial charge in [0.05, 0.1) is 0 Å². The minimum Gasteiger partial charge on any atom is -0.480 e. The maximum atomic E-state index is 12.4. The Labute approximate surface area is 132 Å². The van der Waals surface area contributed by atoms with Crippen molar-refractivity contribution in [2.45, 2.75) is 40.2 Å². The minimum atomic E-state index is -0.498. The number of hydrogen-bond donors (Lipinski definition) is 1. The van der Waals surface area contributed by atoms with E-state index in [4.69, 9.17) is 4.74 Å². The van der Waals surface area contributed by atoms with Gasteiger partial charge in [0, 0.05) is 5.69 Å². The summed E-state index contributed by atoms with van der Waals surface area (Å²) in [5.74, 6) is 0.651. The SMILES string of the molecule is CCC(Oc1cccc(C)c1C)C(=O)Nc1ccc(C)cc1. The minimum absolute atomic E-state index is 0.118. The molecular weight excluding hydrogens is 274 g/mol. The molecule has 0 aliphatic rings. The van der Waals surface area contributed by atoms with Gasteiger partial charge in [0.2, 0.25) is 0 Å². The fraction of sp³-hybridized carbons (Fsp3) is 0.316. The summed E-state index contributed by atoms with van der Waals surface area (Å²) in [4.78, 5) is 12.4. The van der Waals surface area contributed by atoms with Crippen LogP contribution in [0.25, 0.3) is 0 Å². The molecule has 1 unspecified atom stereocenters. The van der Waals surface area contributed by atoms with Crippen molar-refractivity contribution in [3.8, 4) is 5.75 Å². The third-order valence-electron chi connectivity index (χ3n) is 3.81. The fourth-order valence-electron chi connectivity index (χ4n) is 2.19. The van der Waals surface area contributed by atoms with Crippen LogP contribution in [0.15, 0.2) is 42.5 Å². The van der Waals surface area contributed by atoms with Crippen molar-refractivity contribution >= 4 is 11.6 Å².